The molecule has 0 aliphatic rings. The van der Waals surface area contributed by atoms with E-state index in [4.69, 9.17) is 5.11 Å². The van der Waals surface area contributed by atoms with E-state index in [0.29, 0.717) is 11.3 Å². The van der Waals surface area contributed by atoms with Gasteiger partial charge in [0.2, 0.25) is 16.0 Å². The molecular weight excluding hydrogens is 520 g/mol. The lowest BCUT2D eigenvalue weighted by Crippen LogP contribution is -2.38. The predicted molar refractivity (Wildman–Crippen MR) is 140 cm³/mol. The number of benzene rings is 1. The quantitative estimate of drug-likeness (QED) is 0.318. The Bertz CT molecular complexity index is 1410. The van der Waals surface area contributed by atoms with Gasteiger partial charge in [-0.3, -0.25) is 9.40 Å². The topological polar surface area (TPSA) is 142 Å². The molecule has 0 spiro atoms. The van der Waals surface area contributed by atoms with Crippen LogP contribution in [0.25, 0.3) is 22.5 Å². The van der Waals surface area contributed by atoms with Crippen molar-refractivity contribution in [1.29, 1.82) is 0 Å². The van der Waals surface area contributed by atoms with E-state index >= 15 is 4.39 Å². The molecule has 11 nitrogen and oxygen atoms in total. The summed E-state index contributed by atoms with van der Waals surface area (Å²) in [5.41, 5.74) is 0.0337. The highest BCUT2D eigenvalue weighted by atomic mass is 32.2. The first kappa shape index (κ1) is 28.8. The molecule has 0 saturated carbocycles. The summed E-state index contributed by atoms with van der Waals surface area (Å²) in [6.07, 6.45) is 2.35. The Morgan fingerprint density at radius 1 is 1.18 bits per heavy atom. The highest BCUT2D eigenvalue weighted by Gasteiger charge is 2.24. The van der Waals surface area contributed by atoms with E-state index in [0.717, 1.165) is 11.0 Å². The third kappa shape index (κ3) is 6.54. The second-order valence-corrected chi connectivity index (χ2v) is 10.9. The Balaban J connectivity index is 2.04. The van der Waals surface area contributed by atoms with Gasteiger partial charge in [0.25, 0.3) is 0 Å². The minimum absolute atomic E-state index is 0.111. The molecule has 1 atom stereocenters. The lowest BCUT2D eigenvalue weighted by atomic mass is 10.0. The summed E-state index contributed by atoms with van der Waals surface area (Å²) in [7, 11) is -2.50. The molecule has 14 heteroatoms. The standard InChI is InChI=1S/C24H31F2N7O4S/c1-6-11-38(36,37)31-22-18(25)8-7-16(20(22)26)21-17(13-33(30-21)14(2)3)19-9-10-27-23(29-19)28-12-15(4)32(5)24(34)35/h7-10,13-15,31H,6,11-12H2,1-5H3,(H,34,35)(H,27,28,29)/t15-/m0/s1. The zero-order chi connectivity index (χ0) is 28.2. The van der Waals surface area contributed by atoms with Crippen LogP contribution < -0.4 is 10.0 Å². The van der Waals surface area contributed by atoms with Gasteiger partial charge in [0.15, 0.2) is 5.82 Å². The molecule has 0 aliphatic carbocycles. The fourth-order valence-corrected chi connectivity index (χ4v) is 4.64. The average molecular weight is 552 g/mol. The number of carboxylic acid groups (broad SMARTS) is 1. The SMILES string of the molecule is CCCS(=O)(=O)Nc1c(F)ccc(-c2nn(C(C)C)cc2-c2ccnc(NC[C@H](C)N(C)C(=O)O)n2)c1F. The zero-order valence-electron chi connectivity index (χ0n) is 21.7. The molecule has 1 aromatic carbocycles. The van der Waals surface area contributed by atoms with Crippen molar-refractivity contribution in [1.82, 2.24) is 24.6 Å². The number of rotatable bonds is 11. The van der Waals surface area contributed by atoms with E-state index in [-0.39, 0.29) is 48.0 Å². The van der Waals surface area contributed by atoms with Crippen LogP contribution in [0.5, 0.6) is 0 Å². The number of nitrogens with zero attached hydrogens (tertiary/aromatic N) is 5. The van der Waals surface area contributed by atoms with Crippen LogP contribution in [-0.2, 0) is 10.0 Å². The van der Waals surface area contributed by atoms with Gasteiger partial charge in [-0.15, -0.1) is 0 Å². The van der Waals surface area contributed by atoms with Crippen molar-refractivity contribution < 1.29 is 27.1 Å². The smallest absolute Gasteiger partial charge is 0.407 e. The second kappa shape index (κ2) is 11.7. The normalized spacial score (nSPS) is 12.4. The van der Waals surface area contributed by atoms with Gasteiger partial charge >= 0.3 is 6.09 Å². The van der Waals surface area contributed by atoms with E-state index in [2.05, 4.69) is 20.4 Å². The Hall–Kier alpha value is -3.81. The van der Waals surface area contributed by atoms with Crippen molar-refractivity contribution >= 4 is 27.8 Å². The maximum absolute atomic E-state index is 15.6. The molecule has 3 N–H and O–H groups in total. The molecule has 0 radical (unpaired) electrons. The van der Waals surface area contributed by atoms with E-state index in [1.54, 1.807) is 30.8 Å². The van der Waals surface area contributed by atoms with Crippen molar-refractivity contribution in [2.75, 3.05) is 29.4 Å². The highest BCUT2D eigenvalue weighted by Crippen LogP contribution is 2.36. The van der Waals surface area contributed by atoms with Gasteiger partial charge in [-0.25, -0.2) is 32.0 Å². The molecule has 1 amide bonds. The number of halogens is 2. The van der Waals surface area contributed by atoms with Crippen LogP contribution in [-0.4, -0.2) is 69.7 Å². The number of amides is 1. The number of carbonyl (C=O) groups is 1. The third-order valence-corrected chi connectivity index (χ3v) is 7.25. The Labute approximate surface area is 220 Å². The summed E-state index contributed by atoms with van der Waals surface area (Å²) in [4.78, 5) is 21.0. The summed E-state index contributed by atoms with van der Waals surface area (Å²) in [5.74, 6) is -2.23. The van der Waals surface area contributed by atoms with Gasteiger partial charge in [0.05, 0.1) is 11.4 Å². The zero-order valence-corrected chi connectivity index (χ0v) is 22.6. The molecule has 0 saturated heterocycles. The minimum atomic E-state index is -3.95. The number of aromatic nitrogens is 4. The van der Waals surface area contributed by atoms with Crippen molar-refractivity contribution in [3.05, 3.63) is 42.2 Å². The van der Waals surface area contributed by atoms with Crippen LogP contribution in [0.2, 0.25) is 0 Å². The van der Waals surface area contributed by atoms with Crippen molar-refractivity contribution in [2.45, 2.75) is 46.2 Å². The fraction of sp³-hybridized carbons (Fsp3) is 0.417. The summed E-state index contributed by atoms with van der Waals surface area (Å²) < 4.78 is 58.2. The maximum atomic E-state index is 15.6. The van der Waals surface area contributed by atoms with Gasteiger partial charge in [-0.2, -0.15) is 5.10 Å². The number of sulfonamides is 1. The van der Waals surface area contributed by atoms with Gasteiger partial charge in [0, 0.05) is 49.2 Å². The largest absolute Gasteiger partial charge is 0.465 e. The van der Waals surface area contributed by atoms with E-state index in [1.165, 1.54) is 19.3 Å². The van der Waals surface area contributed by atoms with Crippen LogP contribution in [0, 0.1) is 11.6 Å². The number of likely N-dealkylation sites (N-methyl/N-ethyl adjacent to an activating group) is 1. The number of nitrogens with one attached hydrogen (secondary N) is 2. The molecule has 0 bridgehead atoms. The lowest BCUT2D eigenvalue weighted by Gasteiger charge is -2.21. The molecule has 2 aromatic heterocycles. The average Bonchev–Trinajstić information content (AvgIpc) is 3.30. The van der Waals surface area contributed by atoms with Crippen LogP contribution in [0.1, 0.15) is 40.2 Å². The van der Waals surface area contributed by atoms with Gasteiger partial charge < -0.3 is 15.3 Å². The predicted octanol–water partition coefficient (Wildman–Crippen LogP) is 4.43. The first-order valence-electron chi connectivity index (χ1n) is 12.0. The summed E-state index contributed by atoms with van der Waals surface area (Å²) in [6.45, 7) is 7.35. The molecule has 3 rings (SSSR count). The molecule has 0 fully saturated rings. The molecule has 0 aliphatic heterocycles. The van der Waals surface area contributed by atoms with E-state index in [9.17, 15) is 17.6 Å². The highest BCUT2D eigenvalue weighted by molar-refractivity contribution is 7.92. The van der Waals surface area contributed by atoms with Crippen LogP contribution in [0.4, 0.5) is 25.2 Å². The van der Waals surface area contributed by atoms with Crippen LogP contribution in [0.15, 0.2) is 30.6 Å². The molecule has 38 heavy (non-hydrogen) atoms. The fourth-order valence-electron chi connectivity index (χ4n) is 3.51. The second-order valence-electron chi connectivity index (χ2n) is 9.06. The summed E-state index contributed by atoms with van der Waals surface area (Å²) >= 11 is 0. The van der Waals surface area contributed by atoms with Crippen molar-refractivity contribution in [3.8, 4) is 22.5 Å². The third-order valence-electron chi connectivity index (χ3n) is 5.79. The van der Waals surface area contributed by atoms with Gasteiger partial charge in [-0.1, -0.05) is 6.92 Å². The first-order valence-corrected chi connectivity index (χ1v) is 13.6. The lowest BCUT2D eigenvalue weighted by molar-refractivity contribution is 0.144. The molecular formula is C24H31F2N7O4S. The van der Waals surface area contributed by atoms with Gasteiger partial charge in [0.1, 0.15) is 17.2 Å². The number of hydrogen-bond donors (Lipinski definition) is 3. The van der Waals surface area contributed by atoms with E-state index < -0.39 is 33.4 Å². The van der Waals surface area contributed by atoms with Crippen LogP contribution >= 0.6 is 0 Å². The Kier molecular flexibility index (Phi) is 8.86. The molecule has 2 heterocycles. The Morgan fingerprint density at radius 2 is 1.89 bits per heavy atom. The molecule has 3 aromatic rings. The Morgan fingerprint density at radius 3 is 2.53 bits per heavy atom. The summed E-state index contributed by atoms with van der Waals surface area (Å²) in [6, 6.07) is 3.29. The maximum Gasteiger partial charge on any atom is 0.407 e. The monoisotopic (exact) mass is 551 g/mol. The molecule has 206 valence electrons. The van der Waals surface area contributed by atoms with Crippen LogP contribution in [0.3, 0.4) is 0 Å². The van der Waals surface area contributed by atoms with Crippen molar-refractivity contribution in [2.24, 2.45) is 0 Å². The first-order chi connectivity index (χ1) is 17.8. The number of hydrogen-bond acceptors (Lipinski definition) is 7. The minimum Gasteiger partial charge on any atom is -0.465 e. The van der Waals surface area contributed by atoms with Crippen molar-refractivity contribution in [3.63, 3.8) is 0 Å². The van der Waals surface area contributed by atoms with E-state index in [1.807, 2.05) is 18.6 Å². The summed E-state index contributed by atoms with van der Waals surface area (Å²) in [5, 5.41) is 16.6. The number of anilines is 2. The van der Waals surface area contributed by atoms with Gasteiger partial charge in [-0.05, 0) is 45.4 Å². The molecule has 0 unspecified atom stereocenters.